The lowest BCUT2D eigenvalue weighted by Gasteiger charge is -2.44. The highest BCUT2D eigenvalue weighted by Crippen LogP contribution is 2.23. The number of carboxylic acid groups (broad SMARTS) is 1. The second-order valence-electron chi connectivity index (χ2n) is 6.14. The van der Waals surface area contributed by atoms with Crippen molar-refractivity contribution in [2.24, 2.45) is 0 Å². The normalized spacial score (nSPS) is 31.6. The van der Waals surface area contributed by atoms with Crippen molar-refractivity contribution in [2.75, 3.05) is 26.7 Å². The van der Waals surface area contributed by atoms with Gasteiger partial charge < -0.3 is 14.9 Å². The molecule has 0 aromatic heterocycles. The van der Waals surface area contributed by atoms with Gasteiger partial charge in [0.1, 0.15) is 0 Å². The van der Waals surface area contributed by atoms with Crippen molar-refractivity contribution in [3.05, 3.63) is 0 Å². The van der Waals surface area contributed by atoms with E-state index >= 15 is 0 Å². The molecule has 0 bridgehead atoms. The van der Waals surface area contributed by atoms with Crippen LogP contribution in [0, 0.1) is 0 Å². The minimum atomic E-state index is -0.824. The lowest BCUT2D eigenvalue weighted by Crippen LogP contribution is -2.59. The van der Waals surface area contributed by atoms with Gasteiger partial charge in [0.2, 0.25) is 0 Å². The summed E-state index contributed by atoms with van der Waals surface area (Å²) in [6.45, 7) is 6.36. The molecule has 0 aromatic carbocycles. The van der Waals surface area contributed by atoms with E-state index < -0.39 is 5.97 Å². The zero-order valence-corrected chi connectivity index (χ0v) is 12.6. The molecule has 2 fully saturated rings. The number of hydrogen-bond donors (Lipinski definition) is 1. The number of piperazine rings is 1. The number of carboxylic acids is 1. The van der Waals surface area contributed by atoms with E-state index in [1.807, 2.05) is 4.90 Å². The lowest BCUT2D eigenvalue weighted by atomic mass is 10.1. The maximum atomic E-state index is 12.6. The quantitative estimate of drug-likeness (QED) is 0.823. The summed E-state index contributed by atoms with van der Waals surface area (Å²) in [4.78, 5) is 29.4. The Morgan fingerprint density at radius 3 is 2.35 bits per heavy atom. The fraction of sp³-hybridized carbons (Fsp3) is 0.857. The summed E-state index contributed by atoms with van der Waals surface area (Å²) in [6, 6.07) is 0.553. The van der Waals surface area contributed by atoms with Crippen molar-refractivity contribution in [1.82, 2.24) is 14.7 Å². The van der Waals surface area contributed by atoms with E-state index in [4.69, 9.17) is 5.11 Å². The van der Waals surface area contributed by atoms with Crippen molar-refractivity contribution >= 4 is 12.0 Å². The molecule has 2 rings (SSSR count). The summed E-state index contributed by atoms with van der Waals surface area (Å²) >= 11 is 0. The fourth-order valence-corrected chi connectivity index (χ4v) is 3.24. The first kappa shape index (κ1) is 15.1. The number of aliphatic carboxylic acids is 1. The molecule has 2 saturated heterocycles. The van der Waals surface area contributed by atoms with E-state index in [1.54, 1.807) is 4.90 Å². The first-order chi connectivity index (χ1) is 9.40. The van der Waals surface area contributed by atoms with Gasteiger partial charge in [-0.25, -0.2) is 4.79 Å². The fourth-order valence-electron chi connectivity index (χ4n) is 3.24. The van der Waals surface area contributed by atoms with E-state index in [1.165, 1.54) is 0 Å². The van der Waals surface area contributed by atoms with Crippen LogP contribution in [-0.2, 0) is 4.79 Å². The van der Waals surface area contributed by atoms with Crippen LogP contribution in [0.2, 0.25) is 0 Å². The van der Waals surface area contributed by atoms with Crippen LogP contribution < -0.4 is 0 Å². The van der Waals surface area contributed by atoms with Gasteiger partial charge in [-0.2, -0.15) is 0 Å². The van der Waals surface area contributed by atoms with Crippen LogP contribution in [0.1, 0.15) is 33.1 Å². The maximum absolute atomic E-state index is 12.6. The largest absolute Gasteiger partial charge is 0.481 e. The van der Waals surface area contributed by atoms with Crippen molar-refractivity contribution < 1.29 is 14.7 Å². The van der Waals surface area contributed by atoms with Gasteiger partial charge in [0.15, 0.2) is 0 Å². The highest BCUT2D eigenvalue weighted by atomic mass is 16.4. The minimum absolute atomic E-state index is 0.0144. The van der Waals surface area contributed by atoms with Crippen LogP contribution in [-0.4, -0.2) is 76.6 Å². The number of nitrogens with zero attached hydrogens (tertiary/aromatic N) is 3. The Hall–Kier alpha value is -1.30. The van der Waals surface area contributed by atoms with E-state index in [2.05, 4.69) is 25.8 Å². The first-order valence-electron chi connectivity index (χ1n) is 7.39. The smallest absolute Gasteiger partial charge is 0.320 e. The van der Waals surface area contributed by atoms with E-state index in [0.717, 1.165) is 25.9 Å². The van der Waals surface area contributed by atoms with Gasteiger partial charge in [-0.05, 0) is 33.7 Å². The third-order valence-corrected chi connectivity index (χ3v) is 4.66. The second kappa shape index (κ2) is 5.99. The monoisotopic (exact) mass is 283 g/mol. The van der Waals surface area contributed by atoms with Crippen molar-refractivity contribution in [3.63, 3.8) is 0 Å². The average molecular weight is 283 g/mol. The number of hydrogen-bond acceptors (Lipinski definition) is 3. The number of rotatable bonds is 2. The minimum Gasteiger partial charge on any atom is -0.481 e. The molecular formula is C14H25N3O3. The molecule has 2 heterocycles. The molecule has 3 unspecified atom stereocenters. The predicted molar refractivity (Wildman–Crippen MR) is 75.6 cm³/mol. The Labute approximate surface area is 120 Å². The van der Waals surface area contributed by atoms with Crippen LogP contribution in [0.5, 0.6) is 0 Å². The molecule has 6 heteroatoms. The zero-order valence-electron chi connectivity index (χ0n) is 12.6. The van der Waals surface area contributed by atoms with E-state index in [0.29, 0.717) is 18.6 Å². The van der Waals surface area contributed by atoms with Crippen LogP contribution in [0.15, 0.2) is 0 Å². The number of amides is 2. The van der Waals surface area contributed by atoms with Crippen LogP contribution in [0.4, 0.5) is 4.79 Å². The molecule has 0 saturated carbocycles. The van der Waals surface area contributed by atoms with Gasteiger partial charge >= 0.3 is 12.0 Å². The summed E-state index contributed by atoms with van der Waals surface area (Å²) in [6.07, 6.45) is 1.77. The van der Waals surface area contributed by atoms with Gasteiger partial charge in [-0.3, -0.25) is 9.69 Å². The van der Waals surface area contributed by atoms with Crippen molar-refractivity contribution in [3.8, 4) is 0 Å². The molecule has 0 aromatic rings. The van der Waals surface area contributed by atoms with Gasteiger partial charge in [0, 0.05) is 37.8 Å². The average Bonchev–Trinajstić information content (AvgIpc) is 2.81. The molecule has 2 aliphatic heterocycles. The molecule has 1 N–H and O–H groups in total. The Balaban J connectivity index is 2.01. The number of likely N-dealkylation sites (N-methyl/N-ethyl adjacent to an activating group) is 1. The molecule has 3 atom stereocenters. The Bertz CT molecular complexity index is 376. The van der Waals surface area contributed by atoms with Crippen molar-refractivity contribution in [1.29, 1.82) is 0 Å². The van der Waals surface area contributed by atoms with E-state index in [9.17, 15) is 9.59 Å². The molecule has 0 spiro atoms. The molecule has 0 aliphatic carbocycles. The summed E-state index contributed by atoms with van der Waals surface area (Å²) in [7, 11) is 2.08. The van der Waals surface area contributed by atoms with Crippen LogP contribution >= 0.6 is 0 Å². The predicted octanol–water partition coefficient (Wildman–Crippen LogP) is 1.07. The third kappa shape index (κ3) is 3.06. The molecule has 2 amide bonds. The first-order valence-corrected chi connectivity index (χ1v) is 7.39. The number of likely N-dealkylation sites (tertiary alicyclic amines) is 1. The zero-order chi connectivity index (χ0) is 14.9. The summed E-state index contributed by atoms with van der Waals surface area (Å²) in [5, 5.41) is 8.94. The highest BCUT2D eigenvalue weighted by molar-refractivity contribution is 5.76. The molecule has 6 nitrogen and oxygen atoms in total. The van der Waals surface area contributed by atoms with Crippen molar-refractivity contribution in [2.45, 2.75) is 51.2 Å². The third-order valence-electron chi connectivity index (χ3n) is 4.66. The second-order valence-corrected chi connectivity index (χ2v) is 6.14. The molecule has 114 valence electrons. The summed E-state index contributed by atoms with van der Waals surface area (Å²) in [5.41, 5.74) is 0. The lowest BCUT2D eigenvalue weighted by molar-refractivity contribution is -0.138. The van der Waals surface area contributed by atoms with E-state index in [-0.39, 0.29) is 18.5 Å². The molecule has 0 radical (unpaired) electrons. The topological polar surface area (TPSA) is 64.1 Å². The van der Waals surface area contributed by atoms with Crippen LogP contribution in [0.25, 0.3) is 0 Å². The number of carbonyl (C=O) groups is 2. The number of urea groups is 1. The Kier molecular flexibility index (Phi) is 4.52. The number of carbonyl (C=O) groups excluding carboxylic acids is 1. The van der Waals surface area contributed by atoms with Gasteiger partial charge in [0.25, 0.3) is 0 Å². The van der Waals surface area contributed by atoms with Gasteiger partial charge in [0.05, 0.1) is 6.42 Å². The Morgan fingerprint density at radius 2 is 1.80 bits per heavy atom. The van der Waals surface area contributed by atoms with Gasteiger partial charge in [-0.15, -0.1) is 0 Å². The Morgan fingerprint density at radius 1 is 1.20 bits per heavy atom. The van der Waals surface area contributed by atoms with Crippen LogP contribution in [0.3, 0.4) is 0 Å². The SMILES string of the molecule is CC1CN(C(=O)N2CCCC2CC(=O)O)CC(C)N1C. The molecule has 2 aliphatic rings. The standard InChI is InChI=1S/C14H25N3O3/c1-10-8-16(9-11(2)15(10)3)14(20)17-6-4-5-12(17)7-13(18)19/h10-12H,4-9H2,1-3H3,(H,18,19). The summed E-state index contributed by atoms with van der Waals surface area (Å²) in [5.74, 6) is -0.824. The highest BCUT2D eigenvalue weighted by Gasteiger charge is 2.36. The summed E-state index contributed by atoms with van der Waals surface area (Å²) < 4.78 is 0. The molecular weight excluding hydrogens is 258 g/mol. The maximum Gasteiger partial charge on any atom is 0.320 e. The van der Waals surface area contributed by atoms with Gasteiger partial charge in [-0.1, -0.05) is 0 Å². The molecule has 20 heavy (non-hydrogen) atoms.